The molecule has 4 N–H and O–H groups in total. The summed E-state index contributed by atoms with van der Waals surface area (Å²) in [6.45, 7) is 9.63. The number of fused-ring (bicyclic) bond motifs is 2. The fraction of sp³-hybridized carbons (Fsp3) is 0.385. The van der Waals surface area contributed by atoms with Crippen molar-refractivity contribution in [2.24, 2.45) is 11.7 Å². The highest BCUT2D eigenvalue weighted by molar-refractivity contribution is 7.92. The molecule has 0 bridgehead atoms. The first-order chi connectivity index (χ1) is 17.7. The van der Waals surface area contributed by atoms with Crippen LogP contribution in [0.15, 0.2) is 47.1 Å². The van der Waals surface area contributed by atoms with E-state index in [-0.39, 0.29) is 10.6 Å². The second kappa shape index (κ2) is 9.75. The Morgan fingerprint density at radius 3 is 2.42 bits per heavy atom. The van der Waals surface area contributed by atoms with Crippen LogP contribution in [0.5, 0.6) is 5.75 Å². The minimum absolute atomic E-state index is 0.0230. The van der Waals surface area contributed by atoms with Gasteiger partial charge in [0.2, 0.25) is 0 Å². The number of carbonyl (C=O) groups is 1. The lowest BCUT2D eigenvalue weighted by Gasteiger charge is -2.35. The van der Waals surface area contributed by atoms with Crippen molar-refractivity contribution in [1.82, 2.24) is 15.0 Å². The molecule has 0 saturated heterocycles. The Morgan fingerprint density at radius 2 is 1.79 bits per heavy atom. The van der Waals surface area contributed by atoms with Crippen LogP contribution in [0, 0.1) is 5.92 Å². The first-order valence-corrected chi connectivity index (χ1v) is 14.3. The summed E-state index contributed by atoms with van der Waals surface area (Å²) < 4.78 is 33.3. The van der Waals surface area contributed by atoms with Gasteiger partial charge in [-0.2, -0.15) is 0 Å². The molecule has 0 spiro atoms. The Labute approximate surface area is 225 Å². The number of hydrogen-bond donors (Lipinski definition) is 3. The molecule has 0 amide bonds. The Balaban J connectivity index is 1.87. The number of nitrogens with one attached hydrogen (secondary N) is 1. The number of sulfone groups is 1. The van der Waals surface area contributed by atoms with Gasteiger partial charge < -0.3 is 20.9 Å². The number of aliphatic carboxylic acids is 1. The highest BCUT2D eigenvalue weighted by Crippen LogP contribution is 2.38. The first kappa shape index (κ1) is 27.7. The number of carboxylic acids is 1. The van der Waals surface area contributed by atoms with E-state index in [9.17, 15) is 18.3 Å². The number of rotatable bonds is 8. The molecule has 4 rings (SSSR count). The molecule has 2 atom stereocenters. The number of nitrogens with two attached hydrogens (primary N) is 1. The molecule has 2 aromatic heterocycles. The SMILES string of the molecule is CC(C)[C@@](N)(C(=O)O)C(C)Oc1cc2ncnc(Nc3ccc4scnc4c3)c2cc1S(=O)(=O)C(C)(C)C. The van der Waals surface area contributed by atoms with Crippen LogP contribution in [0.1, 0.15) is 41.5 Å². The maximum Gasteiger partial charge on any atom is 0.327 e. The molecular weight excluding hydrogens is 526 g/mol. The minimum Gasteiger partial charge on any atom is -0.487 e. The zero-order valence-electron chi connectivity index (χ0n) is 22.0. The zero-order chi connectivity index (χ0) is 28.0. The standard InChI is InChI=1S/C26H31N5O5S2/c1-14(2)26(27,24(32)33)15(3)36-20-11-18-17(10-22(20)38(34,35)25(4,5)6)23(29-12-28-18)31-16-7-8-21-19(9-16)30-13-37-21/h7-15H,27H2,1-6H3,(H,32,33)(H,28,29,31)/t15?,26-/m0/s1. The number of aromatic nitrogens is 3. The third kappa shape index (κ3) is 4.79. The smallest absolute Gasteiger partial charge is 0.327 e. The fourth-order valence-electron chi connectivity index (χ4n) is 4.05. The van der Waals surface area contributed by atoms with E-state index in [0.717, 1.165) is 15.9 Å². The summed E-state index contributed by atoms with van der Waals surface area (Å²) in [4.78, 5) is 25.0. The van der Waals surface area contributed by atoms with Crippen LogP contribution >= 0.6 is 11.3 Å². The van der Waals surface area contributed by atoms with Gasteiger partial charge in [0.25, 0.3) is 0 Å². The van der Waals surface area contributed by atoms with Crippen molar-refractivity contribution in [3.63, 3.8) is 0 Å². The Morgan fingerprint density at radius 1 is 1.08 bits per heavy atom. The van der Waals surface area contributed by atoms with E-state index in [2.05, 4.69) is 20.3 Å². The number of hydrogen-bond acceptors (Lipinski definition) is 10. The molecule has 12 heteroatoms. The predicted octanol–water partition coefficient (Wildman–Crippen LogP) is 4.76. The van der Waals surface area contributed by atoms with Crippen molar-refractivity contribution in [2.45, 2.75) is 62.8 Å². The molecule has 38 heavy (non-hydrogen) atoms. The Kier molecular flexibility index (Phi) is 7.10. The van der Waals surface area contributed by atoms with E-state index in [0.29, 0.717) is 16.7 Å². The van der Waals surface area contributed by atoms with E-state index in [1.165, 1.54) is 36.7 Å². The molecule has 0 aliphatic heterocycles. The van der Waals surface area contributed by atoms with Gasteiger partial charge in [-0.1, -0.05) is 13.8 Å². The number of anilines is 2. The van der Waals surface area contributed by atoms with E-state index >= 15 is 0 Å². The molecule has 202 valence electrons. The van der Waals surface area contributed by atoms with Gasteiger partial charge in [0, 0.05) is 17.1 Å². The Bertz CT molecular complexity index is 1630. The van der Waals surface area contributed by atoms with E-state index in [1.807, 2.05) is 18.2 Å². The topological polar surface area (TPSA) is 157 Å². The van der Waals surface area contributed by atoms with E-state index in [1.54, 1.807) is 40.1 Å². The number of benzene rings is 2. The summed E-state index contributed by atoms with van der Waals surface area (Å²) in [6, 6.07) is 8.67. The first-order valence-electron chi connectivity index (χ1n) is 12.0. The summed E-state index contributed by atoms with van der Waals surface area (Å²) in [5, 5.41) is 13.5. The van der Waals surface area contributed by atoms with Gasteiger partial charge in [0.15, 0.2) is 15.4 Å². The van der Waals surface area contributed by atoms with Crippen LogP contribution in [0.3, 0.4) is 0 Å². The number of carboxylic acid groups (broad SMARTS) is 1. The fourth-order valence-corrected chi connectivity index (χ4v) is 6.01. The average molecular weight is 558 g/mol. The maximum atomic E-state index is 13.7. The van der Waals surface area contributed by atoms with Crippen molar-refractivity contribution < 1.29 is 23.1 Å². The number of nitrogens with zero attached hydrogens (tertiary/aromatic N) is 3. The normalized spacial score (nSPS) is 14.9. The zero-order valence-corrected chi connectivity index (χ0v) is 23.6. The molecule has 10 nitrogen and oxygen atoms in total. The summed E-state index contributed by atoms with van der Waals surface area (Å²) in [5.41, 5.74) is 8.23. The van der Waals surface area contributed by atoms with E-state index in [4.69, 9.17) is 10.5 Å². The van der Waals surface area contributed by atoms with Gasteiger partial charge in [0.1, 0.15) is 28.9 Å². The van der Waals surface area contributed by atoms with Gasteiger partial charge in [-0.3, -0.25) is 4.79 Å². The van der Waals surface area contributed by atoms with Crippen molar-refractivity contribution in [3.05, 3.63) is 42.2 Å². The molecule has 0 fully saturated rings. The van der Waals surface area contributed by atoms with Crippen LogP contribution in [0.25, 0.3) is 21.1 Å². The maximum absolute atomic E-state index is 13.7. The van der Waals surface area contributed by atoms with Gasteiger partial charge >= 0.3 is 5.97 Å². The third-order valence-electron chi connectivity index (χ3n) is 6.69. The largest absolute Gasteiger partial charge is 0.487 e. The molecule has 0 aliphatic rings. The van der Waals surface area contributed by atoms with Crippen LogP contribution < -0.4 is 15.8 Å². The molecule has 0 aliphatic carbocycles. The van der Waals surface area contributed by atoms with Crippen molar-refractivity contribution in [2.75, 3.05) is 5.32 Å². The Hall–Kier alpha value is -3.35. The molecule has 1 unspecified atom stereocenters. The summed E-state index contributed by atoms with van der Waals surface area (Å²) >= 11 is 1.53. The summed E-state index contributed by atoms with van der Waals surface area (Å²) in [5.74, 6) is -1.36. The monoisotopic (exact) mass is 557 g/mol. The molecule has 2 aromatic carbocycles. The van der Waals surface area contributed by atoms with E-state index < -0.39 is 38.1 Å². The van der Waals surface area contributed by atoms with Crippen LogP contribution in [0.2, 0.25) is 0 Å². The van der Waals surface area contributed by atoms with Crippen LogP contribution in [0.4, 0.5) is 11.5 Å². The van der Waals surface area contributed by atoms with Gasteiger partial charge in [-0.25, -0.2) is 23.4 Å². The molecular formula is C26H31N5O5S2. The quantitative estimate of drug-likeness (QED) is 0.276. The molecule has 4 aromatic rings. The second-order valence-electron chi connectivity index (χ2n) is 10.5. The molecule has 0 radical (unpaired) electrons. The van der Waals surface area contributed by atoms with Gasteiger partial charge in [-0.15, -0.1) is 11.3 Å². The second-order valence-corrected chi connectivity index (χ2v) is 14.0. The van der Waals surface area contributed by atoms with Crippen LogP contribution in [-0.2, 0) is 14.6 Å². The lowest BCUT2D eigenvalue weighted by Crippen LogP contribution is -2.61. The van der Waals surface area contributed by atoms with Gasteiger partial charge in [0.05, 0.1) is 26.0 Å². The average Bonchev–Trinajstić information content (AvgIpc) is 3.30. The van der Waals surface area contributed by atoms with Crippen molar-refractivity contribution in [1.29, 1.82) is 0 Å². The molecule has 0 saturated carbocycles. The lowest BCUT2D eigenvalue weighted by molar-refractivity contribution is -0.149. The summed E-state index contributed by atoms with van der Waals surface area (Å²) in [7, 11) is -3.95. The molecule has 2 heterocycles. The highest BCUT2D eigenvalue weighted by Gasteiger charge is 2.45. The summed E-state index contributed by atoms with van der Waals surface area (Å²) in [6.07, 6.45) is 0.297. The highest BCUT2D eigenvalue weighted by atomic mass is 32.2. The minimum atomic E-state index is -3.95. The lowest BCUT2D eigenvalue weighted by atomic mass is 9.83. The number of thiazole rings is 1. The van der Waals surface area contributed by atoms with Crippen molar-refractivity contribution >= 4 is 59.8 Å². The van der Waals surface area contributed by atoms with Gasteiger partial charge in [-0.05, 0) is 57.9 Å². The number of ether oxygens (including phenoxy) is 1. The van der Waals surface area contributed by atoms with Crippen molar-refractivity contribution in [3.8, 4) is 5.75 Å². The predicted molar refractivity (Wildman–Crippen MR) is 149 cm³/mol. The third-order valence-corrected chi connectivity index (χ3v) is 10.0. The van der Waals surface area contributed by atoms with Crippen LogP contribution in [-0.4, -0.2) is 50.8 Å².